The molecule has 0 radical (unpaired) electrons. The van der Waals surface area contributed by atoms with Crippen molar-refractivity contribution in [2.75, 3.05) is 5.73 Å². The van der Waals surface area contributed by atoms with Crippen molar-refractivity contribution in [3.63, 3.8) is 0 Å². The molecule has 1 aromatic heterocycles. The maximum atomic E-state index is 11.2. The van der Waals surface area contributed by atoms with Gasteiger partial charge >= 0.3 is 0 Å². The molecule has 0 bridgehead atoms. The second kappa shape index (κ2) is 2.08. The van der Waals surface area contributed by atoms with E-state index in [-0.39, 0.29) is 11.4 Å². The number of nitrogen functional groups attached to an aromatic ring is 1. The fourth-order valence-electron chi connectivity index (χ4n) is 1.08. The standard InChI is InChI=1S/C7H9N3O/c8-6-7(11)10(4-3-9-6)5-1-2-5/h3-5H,1-2H2,(H2,8,9). The molecule has 1 heterocycles. The monoisotopic (exact) mass is 151 g/mol. The van der Waals surface area contributed by atoms with E-state index in [0.29, 0.717) is 6.04 Å². The molecule has 1 aliphatic carbocycles. The minimum absolute atomic E-state index is 0.0967. The molecule has 0 atom stereocenters. The summed E-state index contributed by atoms with van der Waals surface area (Å²) < 4.78 is 1.66. The average Bonchev–Trinajstić information content (AvgIpc) is 2.77. The Kier molecular flexibility index (Phi) is 1.21. The van der Waals surface area contributed by atoms with Crippen LogP contribution in [0.15, 0.2) is 17.2 Å². The van der Waals surface area contributed by atoms with Gasteiger partial charge in [0.2, 0.25) is 0 Å². The highest BCUT2D eigenvalue weighted by atomic mass is 16.1. The summed E-state index contributed by atoms with van der Waals surface area (Å²) in [4.78, 5) is 14.9. The molecular formula is C7H9N3O. The lowest BCUT2D eigenvalue weighted by molar-refractivity contribution is 0.702. The van der Waals surface area contributed by atoms with Crippen molar-refractivity contribution in [3.05, 3.63) is 22.7 Å². The van der Waals surface area contributed by atoms with Gasteiger partial charge in [-0.3, -0.25) is 4.79 Å². The van der Waals surface area contributed by atoms with E-state index >= 15 is 0 Å². The van der Waals surface area contributed by atoms with Gasteiger partial charge in [-0.05, 0) is 12.8 Å². The zero-order chi connectivity index (χ0) is 7.84. The maximum absolute atomic E-state index is 11.2. The van der Waals surface area contributed by atoms with E-state index in [1.54, 1.807) is 17.0 Å². The van der Waals surface area contributed by atoms with Gasteiger partial charge < -0.3 is 10.3 Å². The quantitative estimate of drug-likeness (QED) is 0.622. The normalized spacial score (nSPS) is 16.7. The molecule has 0 unspecified atom stereocenters. The van der Waals surface area contributed by atoms with Crippen LogP contribution >= 0.6 is 0 Å². The Bertz CT molecular complexity index is 327. The third kappa shape index (κ3) is 1.00. The smallest absolute Gasteiger partial charge is 0.293 e. The van der Waals surface area contributed by atoms with Crippen LogP contribution in [0.1, 0.15) is 18.9 Å². The second-order valence-electron chi connectivity index (χ2n) is 2.76. The van der Waals surface area contributed by atoms with E-state index < -0.39 is 0 Å². The topological polar surface area (TPSA) is 60.9 Å². The lowest BCUT2D eigenvalue weighted by Crippen LogP contribution is -2.22. The molecule has 1 fully saturated rings. The molecule has 0 aromatic carbocycles. The number of nitrogens with two attached hydrogens (primary N) is 1. The van der Waals surface area contributed by atoms with Gasteiger partial charge in [-0.1, -0.05) is 0 Å². The van der Waals surface area contributed by atoms with Gasteiger partial charge in [-0.15, -0.1) is 0 Å². The van der Waals surface area contributed by atoms with Crippen molar-refractivity contribution in [1.82, 2.24) is 9.55 Å². The largest absolute Gasteiger partial charge is 0.379 e. The van der Waals surface area contributed by atoms with Crippen molar-refractivity contribution < 1.29 is 0 Å². The highest BCUT2D eigenvalue weighted by Gasteiger charge is 2.24. The zero-order valence-electron chi connectivity index (χ0n) is 6.03. The molecule has 11 heavy (non-hydrogen) atoms. The van der Waals surface area contributed by atoms with E-state index in [9.17, 15) is 4.79 Å². The van der Waals surface area contributed by atoms with Crippen LogP contribution in [0, 0.1) is 0 Å². The summed E-state index contributed by atoms with van der Waals surface area (Å²) in [6.45, 7) is 0. The molecule has 2 rings (SSSR count). The minimum atomic E-state index is -0.157. The maximum Gasteiger partial charge on any atom is 0.293 e. The molecule has 1 saturated carbocycles. The lowest BCUT2D eigenvalue weighted by atomic mass is 10.5. The Morgan fingerprint density at radius 2 is 2.36 bits per heavy atom. The minimum Gasteiger partial charge on any atom is -0.379 e. The Morgan fingerprint density at radius 3 is 3.00 bits per heavy atom. The van der Waals surface area contributed by atoms with E-state index in [2.05, 4.69) is 4.98 Å². The fourth-order valence-corrected chi connectivity index (χ4v) is 1.08. The molecule has 0 spiro atoms. The Balaban J connectivity index is 2.54. The number of rotatable bonds is 1. The summed E-state index contributed by atoms with van der Waals surface area (Å²) >= 11 is 0. The fraction of sp³-hybridized carbons (Fsp3) is 0.429. The van der Waals surface area contributed by atoms with Crippen LogP contribution in [0.3, 0.4) is 0 Å². The summed E-state index contributed by atoms with van der Waals surface area (Å²) in [5, 5.41) is 0. The first-order valence-electron chi connectivity index (χ1n) is 3.61. The molecule has 58 valence electrons. The third-order valence-electron chi connectivity index (χ3n) is 1.83. The number of hydrogen-bond donors (Lipinski definition) is 1. The second-order valence-corrected chi connectivity index (χ2v) is 2.76. The van der Waals surface area contributed by atoms with Crippen LogP contribution in [0.25, 0.3) is 0 Å². The van der Waals surface area contributed by atoms with Gasteiger partial charge in [-0.25, -0.2) is 4.98 Å². The first-order chi connectivity index (χ1) is 5.29. The predicted molar refractivity (Wildman–Crippen MR) is 41.2 cm³/mol. The van der Waals surface area contributed by atoms with E-state index in [1.165, 1.54) is 0 Å². The van der Waals surface area contributed by atoms with E-state index in [4.69, 9.17) is 5.73 Å². The van der Waals surface area contributed by atoms with Gasteiger partial charge in [0.25, 0.3) is 5.56 Å². The molecule has 4 heteroatoms. The summed E-state index contributed by atoms with van der Waals surface area (Å²) in [5.74, 6) is 0.0967. The zero-order valence-corrected chi connectivity index (χ0v) is 6.03. The third-order valence-corrected chi connectivity index (χ3v) is 1.83. The van der Waals surface area contributed by atoms with Crippen LogP contribution in [0.2, 0.25) is 0 Å². The average molecular weight is 151 g/mol. The van der Waals surface area contributed by atoms with E-state index in [0.717, 1.165) is 12.8 Å². The van der Waals surface area contributed by atoms with Crippen molar-refractivity contribution in [1.29, 1.82) is 0 Å². The SMILES string of the molecule is Nc1nccn(C2CC2)c1=O. The van der Waals surface area contributed by atoms with Gasteiger partial charge in [0.15, 0.2) is 5.82 Å². The van der Waals surface area contributed by atoms with E-state index in [1.807, 2.05) is 0 Å². The number of nitrogens with zero attached hydrogens (tertiary/aromatic N) is 2. The summed E-state index contributed by atoms with van der Waals surface area (Å²) in [6.07, 6.45) is 5.43. The van der Waals surface area contributed by atoms with Crippen LogP contribution in [-0.2, 0) is 0 Å². The molecule has 2 N–H and O–H groups in total. The van der Waals surface area contributed by atoms with Crippen molar-refractivity contribution in [3.8, 4) is 0 Å². The molecule has 1 aliphatic rings. The number of anilines is 1. The molecule has 0 amide bonds. The molecule has 1 aromatic rings. The molecule has 0 aliphatic heterocycles. The first kappa shape index (κ1) is 6.39. The highest BCUT2D eigenvalue weighted by Crippen LogP contribution is 2.33. The molecule has 4 nitrogen and oxygen atoms in total. The van der Waals surface area contributed by atoms with Gasteiger partial charge in [0.1, 0.15) is 0 Å². The Labute approximate surface area is 63.7 Å². The van der Waals surface area contributed by atoms with Crippen molar-refractivity contribution in [2.45, 2.75) is 18.9 Å². The lowest BCUT2D eigenvalue weighted by Gasteiger charge is -2.01. The van der Waals surface area contributed by atoms with Crippen molar-refractivity contribution >= 4 is 5.82 Å². The predicted octanol–water partition coefficient (Wildman–Crippen LogP) is 0.160. The molecular weight excluding hydrogens is 142 g/mol. The van der Waals surface area contributed by atoms with Crippen LogP contribution < -0.4 is 11.3 Å². The van der Waals surface area contributed by atoms with Crippen molar-refractivity contribution in [2.24, 2.45) is 0 Å². The van der Waals surface area contributed by atoms with Gasteiger partial charge in [0.05, 0.1) is 0 Å². The van der Waals surface area contributed by atoms with Gasteiger partial charge in [-0.2, -0.15) is 0 Å². The highest BCUT2D eigenvalue weighted by molar-refractivity contribution is 5.23. The summed E-state index contributed by atoms with van der Waals surface area (Å²) in [7, 11) is 0. The number of hydrogen-bond acceptors (Lipinski definition) is 3. The van der Waals surface area contributed by atoms with Gasteiger partial charge in [0, 0.05) is 18.4 Å². The van der Waals surface area contributed by atoms with Crippen LogP contribution in [0.4, 0.5) is 5.82 Å². The molecule has 0 saturated heterocycles. The Hall–Kier alpha value is -1.32. The Morgan fingerprint density at radius 1 is 1.64 bits per heavy atom. The summed E-state index contributed by atoms with van der Waals surface area (Å²) in [5.41, 5.74) is 5.18. The van der Waals surface area contributed by atoms with Crippen LogP contribution in [0.5, 0.6) is 0 Å². The number of aromatic nitrogens is 2. The van der Waals surface area contributed by atoms with Crippen LogP contribution in [-0.4, -0.2) is 9.55 Å². The first-order valence-corrected chi connectivity index (χ1v) is 3.61. The summed E-state index contributed by atoms with van der Waals surface area (Å²) in [6, 6.07) is 0.382.